The molecular weight excluding hydrogens is 390 g/mol. The van der Waals surface area contributed by atoms with Gasteiger partial charge in [-0.25, -0.2) is 0 Å². The first kappa shape index (κ1) is 22.9. The van der Waals surface area contributed by atoms with E-state index < -0.39 is 16.6 Å². The van der Waals surface area contributed by atoms with E-state index in [-0.39, 0.29) is 6.61 Å². The number of amides is 1. The number of benzene rings is 2. The number of nitrogens with one attached hydrogen (secondary N) is 1. The van der Waals surface area contributed by atoms with E-state index in [1.165, 1.54) is 0 Å². The van der Waals surface area contributed by atoms with Crippen molar-refractivity contribution in [1.82, 2.24) is 0 Å². The van der Waals surface area contributed by atoms with Gasteiger partial charge in [0.1, 0.15) is 5.75 Å². The van der Waals surface area contributed by atoms with Crippen LogP contribution in [0.25, 0.3) is 0 Å². The van der Waals surface area contributed by atoms with Crippen LogP contribution >= 0.6 is 0 Å². The molecule has 0 aliphatic rings. The number of aliphatic hydroxyl groups excluding tert-OH is 1. The molecule has 0 aliphatic heterocycles. The van der Waals surface area contributed by atoms with Gasteiger partial charge in [-0.3, -0.25) is 9.57 Å². The predicted molar refractivity (Wildman–Crippen MR) is 116 cm³/mol. The number of rotatable bonds is 12. The Morgan fingerprint density at radius 1 is 1.24 bits per heavy atom. The summed E-state index contributed by atoms with van der Waals surface area (Å²) in [6.07, 6.45) is 0.547. The van der Waals surface area contributed by atoms with Crippen molar-refractivity contribution in [3.63, 3.8) is 0 Å². The van der Waals surface area contributed by atoms with E-state index in [9.17, 15) is 9.90 Å². The molecule has 0 heterocycles. The van der Waals surface area contributed by atoms with Crippen molar-refractivity contribution in [1.29, 1.82) is 4.78 Å². The van der Waals surface area contributed by atoms with E-state index in [0.29, 0.717) is 59.5 Å². The Bertz CT molecular complexity index is 822. The summed E-state index contributed by atoms with van der Waals surface area (Å²) in [5.74, 6) is 1.21. The van der Waals surface area contributed by atoms with Gasteiger partial charge in [-0.05, 0) is 30.7 Å². The molecule has 1 unspecified atom stereocenters. The molecule has 1 atom stereocenters. The van der Waals surface area contributed by atoms with Crippen molar-refractivity contribution >= 4 is 22.3 Å². The van der Waals surface area contributed by atoms with Gasteiger partial charge in [0.2, 0.25) is 5.91 Å². The van der Waals surface area contributed by atoms with Crippen LogP contribution in [-0.4, -0.2) is 50.2 Å². The quantitative estimate of drug-likeness (QED) is 0.490. The minimum Gasteiger partial charge on any atom is -0.454 e. The predicted octanol–water partition coefficient (Wildman–Crippen LogP) is 3.17. The Morgan fingerprint density at radius 3 is 2.55 bits per heavy atom. The Morgan fingerprint density at radius 2 is 1.97 bits per heavy atom. The molecule has 0 bridgehead atoms. The van der Waals surface area contributed by atoms with Gasteiger partial charge < -0.3 is 25.2 Å². The second-order valence-corrected chi connectivity index (χ2v) is 8.14. The maximum absolute atomic E-state index is 12.0. The lowest BCUT2D eigenvalue weighted by atomic mass is 10.1. The smallest absolute Gasteiger partial charge is 0.248 e. The van der Waals surface area contributed by atoms with Crippen LogP contribution in [0.5, 0.6) is 11.5 Å². The Labute approximate surface area is 174 Å². The van der Waals surface area contributed by atoms with Crippen LogP contribution in [0.1, 0.15) is 23.7 Å². The Kier molecular flexibility index (Phi) is 9.11. The third-order valence-corrected chi connectivity index (χ3v) is 5.74. The topological polar surface area (TPSA) is 109 Å². The zero-order valence-electron chi connectivity index (χ0n) is 16.9. The number of primary amides is 1. The average molecular weight is 420 g/mol. The molecule has 1 amide bonds. The number of nitrogens with two attached hydrogens (primary N) is 1. The number of carbonyl (C=O) groups is 1. The standard InChI is InChI=1S/C21H29N3O4S/c1-3-29(23)19-15-16(21(22)26)14-18(24(10-7-12-25)11-13-27-2)20(19)28-17-8-5-4-6-9-17/h4-6,8-9,14-15,23,25H,3,7,10-13H2,1-2H3,(H2,22,26). The molecule has 7 nitrogen and oxygen atoms in total. The molecule has 0 aromatic heterocycles. The third-order valence-electron chi connectivity index (χ3n) is 4.33. The molecule has 158 valence electrons. The highest BCUT2D eigenvalue weighted by Crippen LogP contribution is 2.39. The summed E-state index contributed by atoms with van der Waals surface area (Å²) in [4.78, 5) is 14.6. The summed E-state index contributed by atoms with van der Waals surface area (Å²) >= 11 is 0. The SMILES string of the molecule is CCS(=N)c1cc(C(N)=O)cc(N(CCCO)CCOC)c1Oc1ccccc1. The van der Waals surface area contributed by atoms with Gasteiger partial charge in [0.25, 0.3) is 0 Å². The Hall–Kier alpha value is -2.42. The Balaban J connectivity index is 2.65. The lowest BCUT2D eigenvalue weighted by molar-refractivity contribution is 0.1000. The molecular formula is C21H29N3O4S. The van der Waals surface area contributed by atoms with E-state index in [4.69, 9.17) is 20.0 Å². The molecule has 29 heavy (non-hydrogen) atoms. The number of methoxy groups -OCH3 is 1. The van der Waals surface area contributed by atoms with Crippen LogP contribution in [0.15, 0.2) is 47.4 Å². The van der Waals surface area contributed by atoms with Crippen molar-refractivity contribution in [3.05, 3.63) is 48.0 Å². The zero-order chi connectivity index (χ0) is 21.2. The largest absolute Gasteiger partial charge is 0.454 e. The number of para-hydroxylation sites is 1. The molecule has 2 aromatic carbocycles. The fourth-order valence-electron chi connectivity index (χ4n) is 2.83. The monoisotopic (exact) mass is 419 g/mol. The molecule has 2 aromatic rings. The van der Waals surface area contributed by atoms with E-state index in [2.05, 4.69) is 0 Å². The molecule has 0 aliphatic carbocycles. The van der Waals surface area contributed by atoms with Crippen molar-refractivity contribution in [3.8, 4) is 11.5 Å². The highest BCUT2D eigenvalue weighted by atomic mass is 32.2. The van der Waals surface area contributed by atoms with E-state index >= 15 is 0 Å². The minimum atomic E-state index is -0.881. The molecule has 0 spiro atoms. The van der Waals surface area contributed by atoms with Crippen molar-refractivity contribution < 1.29 is 19.4 Å². The second-order valence-electron chi connectivity index (χ2n) is 6.34. The minimum absolute atomic E-state index is 0.0402. The number of hydrogen-bond acceptors (Lipinski definition) is 6. The van der Waals surface area contributed by atoms with Crippen LogP contribution < -0.4 is 15.4 Å². The normalized spacial score (nSPS) is 11.8. The van der Waals surface area contributed by atoms with E-state index in [1.807, 2.05) is 42.2 Å². The first-order valence-corrected chi connectivity index (χ1v) is 10.9. The molecule has 4 N–H and O–H groups in total. The lowest BCUT2D eigenvalue weighted by Gasteiger charge is -2.28. The molecule has 0 saturated carbocycles. The lowest BCUT2D eigenvalue weighted by Crippen LogP contribution is -2.30. The summed E-state index contributed by atoms with van der Waals surface area (Å²) in [5, 5.41) is 9.32. The highest BCUT2D eigenvalue weighted by molar-refractivity contribution is 7.86. The number of nitrogens with zero attached hydrogens (tertiary/aromatic N) is 1. The van der Waals surface area contributed by atoms with Crippen LogP contribution in [-0.2, 0) is 15.4 Å². The summed E-state index contributed by atoms with van der Waals surface area (Å²) in [7, 11) is 0.739. The first-order valence-electron chi connectivity index (χ1n) is 9.49. The van der Waals surface area contributed by atoms with Gasteiger partial charge >= 0.3 is 0 Å². The van der Waals surface area contributed by atoms with E-state index in [1.54, 1.807) is 19.2 Å². The van der Waals surface area contributed by atoms with Crippen LogP contribution in [0.2, 0.25) is 0 Å². The van der Waals surface area contributed by atoms with Gasteiger partial charge in [-0.15, -0.1) is 0 Å². The number of ether oxygens (including phenoxy) is 2. The second kappa shape index (κ2) is 11.5. The van der Waals surface area contributed by atoms with E-state index in [0.717, 1.165) is 0 Å². The summed E-state index contributed by atoms with van der Waals surface area (Å²) in [5.41, 5.74) is 6.58. The number of hydrogen-bond donors (Lipinski definition) is 3. The van der Waals surface area contributed by atoms with Crippen molar-refractivity contribution in [2.45, 2.75) is 18.2 Å². The maximum atomic E-state index is 12.0. The van der Waals surface area contributed by atoms with Gasteiger partial charge in [0, 0.05) is 38.1 Å². The molecule has 0 radical (unpaired) electrons. The molecule has 8 heteroatoms. The van der Waals surface area contributed by atoms with Crippen LogP contribution in [0.4, 0.5) is 5.69 Å². The zero-order valence-corrected chi connectivity index (χ0v) is 17.7. The fraction of sp³-hybridized carbons (Fsp3) is 0.381. The molecule has 0 fully saturated rings. The maximum Gasteiger partial charge on any atom is 0.248 e. The molecule has 2 rings (SSSR count). The summed E-state index contributed by atoms with van der Waals surface area (Å²) in [6, 6.07) is 12.7. The van der Waals surface area contributed by atoms with Crippen LogP contribution in [0.3, 0.4) is 0 Å². The van der Waals surface area contributed by atoms with Crippen molar-refractivity contribution in [2.24, 2.45) is 5.73 Å². The number of aliphatic hydroxyl groups is 1. The average Bonchev–Trinajstić information content (AvgIpc) is 2.74. The number of anilines is 1. The fourth-order valence-corrected chi connectivity index (χ4v) is 3.78. The third kappa shape index (κ3) is 6.28. The van der Waals surface area contributed by atoms with Gasteiger partial charge in [-0.1, -0.05) is 35.8 Å². The molecule has 0 saturated heterocycles. The summed E-state index contributed by atoms with van der Waals surface area (Å²) in [6.45, 7) is 3.52. The van der Waals surface area contributed by atoms with Crippen molar-refractivity contribution in [2.75, 3.05) is 44.1 Å². The number of carbonyl (C=O) groups excluding carboxylic acids is 1. The van der Waals surface area contributed by atoms with Gasteiger partial charge in [-0.2, -0.15) is 0 Å². The first-order chi connectivity index (χ1) is 14.0. The van der Waals surface area contributed by atoms with Gasteiger partial charge in [0.05, 0.1) is 17.2 Å². The van der Waals surface area contributed by atoms with Gasteiger partial charge in [0.15, 0.2) is 5.75 Å². The summed E-state index contributed by atoms with van der Waals surface area (Å²) < 4.78 is 20.0. The highest BCUT2D eigenvalue weighted by Gasteiger charge is 2.22. The van der Waals surface area contributed by atoms with Crippen LogP contribution in [0, 0.1) is 4.78 Å².